The van der Waals surface area contributed by atoms with Crippen LogP contribution in [0.15, 0.2) is 0 Å². The maximum absolute atomic E-state index is 12.4. The summed E-state index contributed by atoms with van der Waals surface area (Å²) in [6.07, 6.45) is 10.3. The Labute approximate surface area is 153 Å². The molecule has 4 atom stereocenters. The van der Waals surface area contributed by atoms with E-state index in [1.54, 1.807) is 0 Å². The van der Waals surface area contributed by atoms with Crippen LogP contribution in [0.25, 0.3) is 0 Å². The van der Waals surface area contributed by atoms with Crippen LogP contribution in [0.2, 0.25) is 0 Å². The first-order valence-corrected chi connectivity index (χ1v) is 10.7. The zero-order valence-electron chi connectivity index (χ0n) is 16.1. The normalized spacial score (nSPS) is 35.8. The zero-order valence-corrected chi connectivity index (χ0v) is 16.1. The van der Waals surface area contributed by atoms with E-state index in [1.807, 2.05) is 0 Å². The lowest BCUT2D eigenvalue weighted by atomic mass is 9.79. The van der Waals surface area contributed by atoms with Crippen LogP contribution in [0.1, 0.15) is 65.2 Å². The number of ether oxygens (including phenoxy) is 1. The van der Waals surface area contributed by atoms with Crippen LogP contribution in [-0.4, -0.2) is 49.2 Å². The molecule has 2 unspecified atom stereocenters. The van der Waals surface area contributed by atoms with Gasteiger partial charge in [0.05, 0.1) is 6.61 Å². The van der Waals surface area contributed by atoms with Crippen LogP contribution < -0.4 is 5.32 Å². The minimum absolute atomic E-state index is 0.358. The van der Waals surface area contributed by atoms with Crippen molar-refractivity contribution in [3.8, 4) is 0 Å². The van der Waals surface area contributed by atoms with Gasteiger partial charge < -0.3 is 10.1 Å². The molecule has 2 bridgehead atoms. The average molecular weight is 349 g/mol. The molecule has 2 saturated heterocycles. The van der Waals surface area contributed by atoms with Crippen molar-refractivity contribution < 1.29 is 9.53 Å². The fraction of sp³-hybridized carbons (Fsp3) is 0.952. The smallest absolute Gasteiger partial charge is 0.223 e. The van der Waals surface area contributed by atoms with Gasteiger partial charge in [-0.05, 0) is 62.2 Å². The first-order chi connectivity index (χ1) is 12.1. The Morgan fingerprint density at radius 3 is 2.52 bits per heavy atom. The summed E-state index contributed by atoms with van der Waals surface area (Å²) in [6.45, 7) is 8.16. The molecule has 2 aliphatic heterocycles. The van der Waals surface area contributed by atoms with Gasteiger partial charge in [0.25, 0.3) is 0 Å². The molecule has 2 aliphatic carbocycles. The van der Waals surface area contributed by atoms with Gasteiger partial charge in [-0.15, -0.1) is 0 Å². The molecule has 2 heterocycles. The predicted molar refractivity (Wildman–Crippen MR) is 99.3 cm³/mol. The van der Waals surface area contributed by atoms with E-state index in [0.29, 0.717) is 29.1 Å². The Morgan fingerprint density at radius 1 is 1.24 bits per heavy atom. The Kier molecular flexibility index (Phi) is 5.11. The van der Waals surface area contributed by atoms with Gasteiger partial charge in [-0.2, -0.15) is 0 Å². The monoisotopic (exact) mass is 348 g/mol. The Balaban J connectivity index is 1.17. The number of hydrogen-bond donors (Lipinski definition) is 1. The number of carbonyl (C=O) groups is 1. The highest BCUT2D eigenvalue weighted by atomic mass is 16.5. The molecule has 0 radical (unpaired) electrons. The lowest BCUT2D eigenvalue weighted by Crippen LogP contribution is -2.47. The molecule has 2 saturated carbocycles. The van der Waals surface area contributed by atoms with Crippen molar-refractivity contribution in [2.45, 2.75) is 77.3 Å². The van der Waals surface area contributed by atoms with Crippen molar-refractivity contribution in [3.05, 3.63) is 0 Å². The number of fused-ring (bicyclic) bond motifs is 2. The largest absolute Gasteiger partial charge is 0.380 e. The molecule has 0 aromatic carbocycles. The van der Waals surface area contributed by atoms with E-state index in [2.05, 4.69) is 24.1 Å². The molecular weight excluding hydrogens is 312 g/mol. The topological polar surface area (TPSA) is 41.6 Å². The summed E-state index contributed by atoms with van der Waals surface area (Å²) in [5.41, 5.74) is 0.461. The highest BCUT2D eigenvalue weighted by Gasteiger charge is 2.60. The number of hydrogen-bond acceptors (Lipinski definition) is 3. The fourth-order valence-corrected chi connectivity index (χ4v) is 5.68. The molecule has 1 N–H and O–H groups in total. The van der Waals surface area contributed by atoms with Crippen molar-refractivity contribution in [1.82, 2.24) is 10.2 Å². The van der Waals surface area contributed by atoms with Crippen molar-refractivity contribution in [2.75, 3.05) is 26.3 Å². The van der Waals surface area contributed by atoms with Crippen molar-refractivity contribution >= 4 is 5.91 Å². The first-order valence-electron chi connectivity index (χ1n) is 10.7. The van der Waals surface area contributed by atoms with E-state index < -0.39 is 0 Å². The van der Waals surface area contributed by atoms with Gasteiger partial charge in [0, 0.05) is 37.7 Å². The number of carbonyl (C=O) groups excluding carboxylic acids is 1. The van der Waals surface area contributed by atoms with Gasteiger partial charge in [0.15, 0.2) is 0 Å². The second-order valence-corrected chi connectivity index (χ2v) is 9.65. The van der Waals surface area contributed by atoms with Gasteiger partial charge in [0.1, 0.15) is 0 Å². The van der Waals surface area contributed by atoms with Gasteiger partial charge in [-0.1, -0.05) is 20.3 Å². The van der Waals surface area contributed by atoms with Crippen molar-refractivity contribution in [2.24, 2.45) is 23.2 Å². The minimum atomic E-state index is 0.358. The Hall–Kier alpha value is -0.610. The molecule has 0 aromatic heterocycles. The molecule has 4 rings (SSSR count). The molecule has 1 amide bonds. The van der Waals surface area contributed by atoms with Crippen LogP contribution >= 0.6 is 0 Å². The molecule has 4 fully saturated rings. The third kappa shape index (κ3) is 3.75. The quantitative estimate of drug-likeness (QED) is 0.685. The summed E-state index contributed by atoms with van der Waals surface area (Å²) in [5.74, 6) is 2.02. The summed E-state index contributed by atoms with van der Waals surface area (Å²) in [4.78, 5) is 15.1. The van der Waals surface area contributed by atoms with Crippen LogP contribution in [-0.2, 0) is 9.53 Å². The van der Waals surface area contributed by atoms with Crippen LogP contribution in [0.5, 0.6) is 0 Å². The maximum atomic E-state index is 12.4. The van der Waals surface area contributed by atoms with Crippen molar-refractivity contribution in [1.29, 1.82) is 0 Å². The second-order valence-electron chi connectivity index (χ2n) is 9.65. The first kappa shape index (κ1) is 17.8. The van der Waals surface area contributed by atoms with E-state index in [9.17, 15) is 4.79 Å². The molecule has 4 heteroatoms. The van der Waals surface area contributed by atoms with Gasteiger partial charge in [0.2, 0.25) is 5.91 Å². The number of piperidine rings is 1. The molecular formula is C21H36N2O2. The lowest BCUT2D eigenvalue weighted by Gasteiger charge is -2.39. The predicted octanol–water partition coefficient (Wildman–Crippen LogP) is 3.21. The SMILES string of the molecule is CC(C)COCCN1[C@@H]2CC[C@H]1CC(CNC(=O)C1CC13CCC3)C2. The fourth-order valence-electron chi connectivity index (χ4n) is 5.68. The molecule has 142 valence electrons. The highest BCUT2D eigenvalue weighted by molar-refractivity contribution is 5.82. The summed E-state index contributed by atoms with van der Waals surface area (Å²) in [6, 6.07) is 1.45. The van der Waals surface area contributed by atoms with E-state index in [4.69, 9.17) is 4.74 Å². The van der Waals surface area contributed by atoms with Gasteiger partial charge >= 0.3 is 0 Å². The summed E-state index contributed by atoms with van der Waals surface area (Å²) < 4.78 is 5.80. The van der Waals surface area contributed by atoms with E-state index in [1.165, 1.54) is 51.4 Å². The van der Waals surface area contributed by atoms with Crippen LogP contribution in [0, 0.1) is 23.2 Å². The summed E-state index contributed by atoms with van der Waals surface area (Å²) in [5, 5.41) is 3.30. The summed E-state index contributed by atoms with van der Waals surface area (Å²) in [7, 11) is 0. The minimum Gasteiger partial charge on any atom is -0.380 e. The zero-order chi connectivity index (χ0) is 17.4. The number of amides is 1. The van der Waals surface area contributed by atoms with Crippen molar-refractivity contribution in [3.63, 3.8) is 0 Å². The molecule has 4 nitrogen and oxygen atoms in total. The van der Waals surface area contributed by atoms with Crippen LogP contribution in [0.4, 0.5) is 0 Å². The number of rotatable bonds is 8. The van der Waals surface area contributed by atoms with E-state index >= 15 is 0 Å². The standard InChI is InChI=1S/C21H36N2O2/c1-15(2)14-25-9-8-23-17-4-5-18(23)11-16(10-17)13-22-20(24)19-12-21(19)6-3-7-21/h15-19H,3-14H2,1-2H3,(H,22,24)/t16?,17-,18+,19?. The van der Waals surface area contributed by atoms with E-state index in [0.717, 1.165) is 38.4 Å². The van der Waals surface area contributed by atoms with Gasteiger partial charge in [-0.3, -0.25) is 9.69 Å². The molecule has 4 aliphatic rings. The lowest BCUT2D eigenvalue weighted by molar-refractivity contribution is -0.123. The molecule has 1 spiro atoms. The Bertz CT molecular complexity index is 474. The third-order valence-electron chi connectivity index (χ3n) is 7.35. The third-order valence-corrected chi connectivity index (χ3v) is 7.35. The maximum Gasteiger partial charge on any atom is 0.223 e. The van der Waals surface area contributed by atoms with Gasteiger partial charge in [-0.25, -0.2) is 0 Å². The second kappa shape index (κ2) is 7.19. The highest BCUT2D eigenvalue weighted by Crippen LogP contribution is 2.65. The summed E-state index contributed by atoms with van der Waals surface area (Å²) >= 11 is 0. The number of nitrogens with one attached hydrogen (secondary N) is 1. The van der Waals surface area contributed by atoms with Crippen LogP contribution in [0.3, 0.4) is 0 Å². The van der Waals surface area contributed by atoms with E-state index in [-0.39, 0.29) is 0 Å². The number of nitrogens with zero attached hydrogens (tertiary/aromatic N) is 1. The Morgan fingerprint density at radius 2 is 1.96 bits per heavy atom. The molecule has 25 heavy (non-hydrogen) atoms. The average Bonchev–Trinajstić information content (AvgIpc) is 3.27. The molecule has 0 aromatic rings.